The summed E-state index contributed by atoms with van der Waals surface area (Å²) in [6, 6.07) is 150. The van der Waals surface area contributed by atoms with Crippen LogP contribution in [0.4, 0.5) is 21.5 Å². The molecule has 714 valence electrons. The molecule has 0 fully saturated rings. The first-order valence-corrected chi connectivity index (χ1v) is 47.0. The molecule has 2 unspecified atom stereocenters. The average molecular weight is 2630 g/mol. The van der Waals surface area contributed by atoms with Gasteiger partial charge < -0.3 is 25.1 Å². The number of aliphatic imine (C=N–C) groups is 2. The summed E-state index contributed by atoms with van der Waals surface area (Å²) in [6.45, 7) is 8.39. The van der Waals surface area contributed by atoms with Gasteiger partial charge in [-0.05, 0) is 170 Å². The zero-order chi connectivity index (χ0) is 96.3. The van der Waals surface area contributed by atoms with Gasteiger partial charge in [0.2, 0.25) is 0 Å². The van der Waals surface area contributed by atoms with E-state index in [1.807, 2.05) is 269 Å². The Hall–Kier alpha value is -14.7. The number of para-hydroxylation sites is 1. The number of aryl methyl sites for hydroxylation is 1. The zero-order valence-corrected chi connectivity index (χ0v) is 89.1. The first-order chi connectivity index (χ1) is 68.4. The van der Waals surface area contributed by atoms with E-state index in [-0.39, 0.29) is 112 Å². The van der Waals surface area contributed by atoms with Crippen LogP contribution in [0.5, 0.6) is 0 Å². The molecule has 2 N–H and O–H groups in total. The van der Waals surface area contributed by atoms with Crippen LogP contribution in [0.3, 0.4) is 0 Å². The summed E-state index contributed by atoms with van der Waals surface area (Å²) in [6.07, 6.45) is 10.3. The summed E-state index contributed by atoms with van der Waals surface area (Å²) in [7, 11) is 0. The molecule has 1 aliphatic carbocycles. The van der Waals surface area contributed by atoms with E-state index in [0.29, 0.717) is 28.5 Å². The molecule has 144 heavy (non-hydrogen) atoms. The monoisotopic (exact) mass is 2630 g/mol. The smallest absolute Gasteiger partial charge is 0.512 e. The number of carbonyl (C=O) groups is 2. The summed E-state index contributed by atoms with van der Waals surface area (Å²) in [5.74, 6) is -1.10. The summed E-state index contributed by atoms with van der Waals surface area (Å²) in [5, 5.41) is 22.0. The zero-order valence-electron chi connectivity index (χ0n) is 78.2. The van der Waals surface area contributed by atoms with Gasteiger partial charge in [-0.3, -0.25) is 39.7 Å². The largest absolute Gasteiger partial charge is 2.00 e. The molecule has 2 aliphatic rings. The first kappa shape index (κ1) is 105. The minimum Gasteiger partial charge on any atom is -0.512 e. The van der Waals surface area contributed by atoms with E-state index in [2.05, 4.69) is 204 Å². The third kappa shape index (κ3) is 25.7. The van der Waals surface area contributed by atoms with Gasteiger partial charge in [0, 0.05) is 106 Å². The van der Waals surface area contributed by atoms with Crippen LogP contribution in [-0.2, 0) is 92.8 Å². The Bertz CT molecular complexity index is 7740. The minimum absolute atomic E-state index is 0. The first-order valence-electron chi connectivity index (χ1n) is 45.4. The number of benzene rings is 12. The van der Waals surface area contributed by atoms with Crippen LogP contribution >= 0.6 is 22.7 Å². The van der Waals surface area contributed by atoms with Crippen LogP contribution in [0.1, 0.15) is 78.3 Å². The number of aromatic carboxylic acids is 1. The number of thiophene rings is 2. The third-order valence-electron chi connectivity index (χ3n) is 23.0. The van der Waals surface area contributed by atoms with Gasteiger partial charge >= 0.3 is 48.1 Å². The Kier molecular flexibility index (Phi) is 36.4. The van der Waals surface area contributed by atoms with Crippen molar-refractivity contribution in [3.8, 4) is 111 Å². The summed E-state index contributed by atoms with van der Waals surface area (Å²) < 4.78 is 18.5. The second kappa shape index (κ2) is 49.8. The quantitative estimate of drug-likeness (QED) is 0.0529. The summed E-state index contributed by atoms with van der Waals surface area (Å²) in [4.78, 5) is 66.6. The SMILES string of the molecule is CC(=O)C=C(C)O.CC(F)(c1cccc(-c2[c-]c3ccccc3s2)n1)c1cccc(-c2[c-]c3ccccc3s2)n1.CC1=NC2c3ccccc3-c3ccc[c-]c3C2N=C1.Cc1ccc(-c2cc(C(=O)O)nc(-c3[c-]cccc3)c2)cc1.[Ir].[Ir].[Pt+2].[Pt+2].[c-]1c(-c2ccccn2)cc(-c2ccccc2)cc1-c1nccc2ccccc12.[c-]1c(-c2ccccn2)cccc1N(c1[c-]c(-c2ccccn2)ccc1)c1ccccc1. The van der Waals surface area contributed by atoms with Gasteiger partial charge in [0.05, 0.1) is 34.9 Å². The minimum atomic E-state index is -1.85. The molecule has 12 aromatic carbocycles. The number of nitrogens with zero attached hydrogens (tertiary/aromatic N) is 10. The fourth-order valence-electron chi connectivity index (χ4n) is 16.4. The maximum atomic E-state index is 16.2. The molecule has 0 saturated carbocycles. The van der Waals surface area contributed by atoms with Crippen molar-refractivity contribution in [2.45, 2.75) is 52.4 Å². The summed E-state index contributed by atoms with van der Waals surface area (Å²) in [5.41, 5.74) is 23.2. The van der Waals surface area contributed by atoms with Crippen LogP contribution in [0.15, 0.2) is 429 Å². The number of carboxylic acid groups (broad SMARTS) is 1. The molecule has 2 radical (unpaired) electrons. The Morgan fingerprint density at radius 2 is 0.924 bits per heavy atom. The van der Waals surface area contributed by atoms with Gasteiger partial charge in [-0.1, -0.05) is 240 Å². The molecule has 9 aromatic heterocycles. The van der Waals surface area contributed by atoms with E-state index in [9.17, 15) is 14.7 Å². The number of hydrogen-bond donors (Lipinski definition) is 2. The molecule has 23 rings (SSSR count). The number of aliphatic hydroxyl groups excluding tert-OH is 1. The number of alkyl halides is 1. The van der Waals surface area contributed by atoms with Gasteiger partial charge in [0.15, 0.2) is 11.5 Å². The van der Waals surface area contributed by atoms with E-state index < -0.39 is 11.6 Å². The van der Waals surface area contributed by atoms with Crippen LogP contribution < -0.4 is 4.90 Å². The molecule has 0 amide bonds. The Labute approximate surface area is 900 Å². The van der Waals surface area contributed by atoms with E-state index in [1.54, 1.807) is 59.3 Å². The fourth-order valence-corrected chi connectivity index (χ4v) is 18.3. The number of halogens is 1. The molecule has 1 aliphatic heterocycles. The third-order valence-corrected chi connectivity index (χ3v) is 25.2. The number of allylic oxidation sites excluding steroid dienone is 2. The number of pyridine rings is 7. The Morgan fingerprint density at radius 3 is 1.49 bits per heavy atom. The second-order valence-corrected chi connectivity index (χ2v) is 35.2. The number of carbonyl (C=O) groups excluding carboxylic acids is 1. The van der Waals surface area contributed by atoms with Crippen LogP contribution in [0.25, 0.3) is 142 Å². The van der Waals surface area contributed by atoms with Gasteiger partial charge in [-0.25, -0.2) is 31.9 Å². The maximum Gasteiger partial charge on any atom is 2.00 e. The normalized spacial score (nSPS) is 12.3. The Balaban J connectivity index is 0.000000141. The number of hydrogen-bond acceptors (Lipinski definition) is 15. The van der Waals surface area contributed by atoms with Crippen LogP contribution in [0, 0.1) is 49.4 Å². The number of ketones is 1. The van der Waals surface area contributed by atoms with E-state index in [0.717, 1.165) is 136 Å². The molecular formula is C123H88FIr2N10O4Pt2S2-3. The standard InChI is InChI=1S/C28H17FN2S2.C28H19N3.C26H17N2.C19H14NO2.C17H13N2.C5H8O2.2Ir.2Pt/c1-28(29,26-14-6-10-20(30-26)24-16-18-8-2-4-12-22(18)32-24)27-15-7-11-21(31-27)25-17-19-9-3-5-13-23(19)33-25;1-2-12-24(13-3-1)31(25-14-8-10-22(20-25)27-16-4-6-18-29-27)26-15-9-11-23(21-26)28-17-5-7-19-30-28;1-2-8-19(9-3-1)21-16-22(25-12-6-7-14-27-25)18-23(17-21)26-24-11-5-4-10-20(24)13-15-28-26;1-13-7-9-14(10-8-13)16-11-17(15-5-3-2-4-6-15)20-18(12-16)19(21)22;1-11-10-18-16-14-8-4-2-6-12(14)13-7-3-5-9-15(13)17(16)19-11;1-4(6)3-5(2)7;;;;/h2-15H,1H3;1-19H;1-17H;2-5,7-12H,1H3,(H,21,22);2-7,9-10,16-17H,1H3;3,6H,1-2H3;;;;/q2*-2;3*-1;;;;2*+2. The number of aliphatic hydroxyl groups is 1. The molecule has 0 spiro atoms. The van der Waals surface area contributed by atoms with E-state index >= 15 is 4.39 Å². The van der Waals surface area contributed by atoms with Gasteiger partial charge in [-0.2, -0.15) is 24.3 Å². The number of carboxylic acids is 1. The van der Waals surface area contributed by atoms with E-state index in [1.165, 1.54) is 54.5 Å². The van der Waals surface area contributed by atoms with Crippen molar-refractivity contribution in [3.63, 3.8) is 0 Å². The Morgan fingerprint density at radius 1 is 0.417 bits per heavy atom. The van der Waals surface area contributed by atoms with Crippen LogP contribution in [-0.4, -0.2) is 68.8 Å². The fraction of sp³-hybridized carbons (Fsp3) is 0.0650. The number of fused-ring (bicyclic) bond motifs is 9. The van der Waals surface area contributed by atoms with Crippen molar-refractivity contribution in [2.24, 2.45) is 9.98 Å². The van der Waals surface area contributed by atoms with Gasteiger partial charge in [-0.15, -0.1) is 172 Å². The van der Waals surface area contributed by atoms with Gasteiger partial charge in [0.25, 0.3) is 0 Å². The molecule has 10 heterocycles. The molecule has 0 bridgehead atoms. The second-order valence-electron chi connectivity index (χ2n) is 33.1. The van der Waals surface area contributed by atoms with Crippen molar-refractivity contribution in [1.29, 1.82) is 0 Å². The van der Waals surface area contributed by atoms with Crippen molar-refractivity contribution in [1.82, 2.24) is 34.9 Å². The molecule has 21 aromatic rings. The van der Waals surface area contributed by atoms with Crippen molar-refractivity contribution in [2.75, 3.05) is 4.90 Å². The predicted molar refractivity (Wildman–Crippen MR) is 566 cm³/mol. The van der Waals surface area contributed by atoms with Crippen molar-refractivity contribution < 1.29 is 107 Å². The van der Waals surface area contributed by atoms with Crippen LogP contribution in [0.2, 0.25) is 0 Å². The molecule has 2 atom stereocenters. The number of anilines is 3. The van der Waals surface area contributed by atoms with Crippen molar-refractivity contribution in [3.05, 3.63) is 495 Å². The number of aromatic nitrogens is 7. The predicted octanol–water partition coefficient (Wildman–Crippen LogP) is 30.4. The topological polar surface area (TPSA) is 193 Å². The van der Waals surface area contributed by atoms with Crippen molar-refractivity contribution >= 4 is 94.4 Å². The average Bonchev–Trinajstić information content (AvgIpc) is 1.00. The maximum absolute atomic E-state index is 16.2. The van der Waals surface area contributed by atoms with E-state index in [4.69, 9.17) is 15.1 Å². The number of rotatable bonds is 16. The van der Waals surface area contributed by atoms with Gasteiger partial charge in [0.1, 0.15) is 5.69 Å². The molecule has 14 nitrogen and oxygen atoms in total. The molecular weight excluding hydrogens is 2540 g/mol. The molecule has 21 heteroatoms. The molecule has 0 saturated heterocycles. The summed E-state index contributed by atoms with van der Waals surface area (Å²) >= 11 is 3.22.